The highest BCUT2D eigenvalue weighted by molar-refractivity contribution is 5.37. The summed E-state index contributed by atoms with van der Waals surface area (Å²) in [4.78, 5) is 3.76. The van der Waals surface area contributed by atoms with Gasteiger partial charge in [0.15, 0.2) is 11.6 Å². The first kappa shape index (κ1) is 12.3. The van der Waals surface area contributed by atoms with Crippen LogP contribution in [0.4, 0.5) is 14.6 Å². The molecule has 1 aromatic rings. The minimum atomic E-state index is -0.642. The van der Waals surface area contributed by atoms with Crippen molar-refractivity contribution < 1.29 is 8.78 Å². The molecule has 0 saturated heterocycles. The molecule has 2 nitrogen and oxygen atoms in total. The fraction of sp³-hybridized carbons (Fsp3) is 0.615. The van der Waals surface area contributed by atoms with Crippen molar-refractivity contribution in [2.75, 3.05) is 5.32 Å². The summed E-state index contributed by atoms with van der Waals surface area (Å²) in [5, 5.41) is 3.08. The Morgan fingerprint density at radius 3 is 2.82 bits per heavy atom. The second-order valence-corrected chi connectivity index (χ2v) is 5.59. The Kier molecular flexibility index (Phi) is 3.31. The van der Waals surface area contributed by atoms with Crippen LogP contribution in [0.15, 0.2) is 12.3 Å². The monoisotopic (exact) mass is 240 g/mol. The molecular weight excluding hydrogens is 222 g/mol. The van der Waals surface area contributed by atoms with E-state index >= 15 is 0 Å². The topological polar surface area (TPSA) is 24.9 Å². The third-order valence-electron chi connectivity index (χ3n) is 3.35. The average Bonchev–Trinajstić information content (AvgIpc) is 2.21. The maximum absolute atomic E-state index is 13.4. The summed E-state index contributed by atoms with van der Waals surface area (Å²) >= 11 is 0. The van der Waals surface area contributed by atoms with Gasteiger partial charge in [-0.3, -0.25) is 0 Å². The highest BCUT2D eigenvalue weighted by Gasteiger charge is 2.28. The van der Waals surface area contributed by atoms with Gasteiger partial charge in [-0.05, 0) is 24.7 Å². The molecule has 1 aliphatic carbocycles. The van der Waals surface area contributed by atoms with Gasteiger partial charge in [-0.2, -0.15) is 0 Å². The summed E-state index contributed by atoms with van der Waals surface area (Å²) in [6, 6.07) is 1.09. The van der Waals surface area contributed by atoms with Crippen LogP contribution in [0.3, 0.4) is 0 Å². The smallest absolute Gasteiger partial charge is 0.168 e. The lowest BCUT2D eigenvalue weighted by molar-refractivity contribution is 0.229. The number of anilines is 1. The molecule has 1 fully saturated rings. The molecule has 0 aromatic carbocycles. The summed E-state index contributed by atoms with van der Waals surface area (Å²) in [7, 11) is 0. The Morgan fingerprint density at radius 1 is 1.41 bits per heavy atom. The van der Waals surface area contributed by atoms with Gasteiger partial charge >= 0.3 is 0 Å². The summed E-state index contributed by atoms with van der Waals surface area (Å²) < 4.78 is 26.2. The van der Waals surface area contributed by atoms with E-state index in [0.29, 0.717) is 0 Å². The van der Waals surface area contributed by atoms with E-state index < -0.39 is 11.6 Å². The van der Waals surface area contributed by atoms with Crippen LogP contribution in [0.1, 0.15) is 39.5 Å². The van der Waals surface area contributed by atoms with Gasteiger partial charge in [0.2, 0.25) is 0 Å². The van der Waals surface area contributed by atoms with Gasteiger partial charge in [0.05, 0.1) is 6.20 Å². The third kappa shape index (κ3) is 3.14. The number of nitrogens with one attached hydrogen (secondary N) is 1. The summed E-state index contributed by atoms with van der Waals surface area (Å²) in [5.74, 6) is -1.10. The third-order valence-corrected chi connectivity index (χ3v) is 3.35. The molecule has 1 aromatic heterocycles. The first-order valence-corrected chi connectivity index (χ1v) is 6.04. The molecule has 2 rings (SSSR count). The molecule has 1 atom stereocenters. The van der Waals surface area contributed by atoms with Gasteiger partial charge in [-0.1, -0.05) is 20.3 Å². The molecule has 4 heteroatoms. The maximum Gasteiger partial charge on any atom is 0.168 e. The van der Waals surface area contributed by atoms with E-state index in [1.807, 2.05) is 0 Å². The molecule has 0 bridgehead atoms. The molecule has 1 heterocycles. The largest absolute Gasteiger partial charge is 0.365 e. The van der Waals surface area contributed by atoms with Gasteiger partial charge < -0.3 is 5.32 Å². The van der Waals surface area contributed by atoms with E-state index in [0.717, 1.165) is 31.5 Å². The molecule has 1 aliphatic rings. The highest BCUT2D eigenvalue weighted by Crippen LogP contribution is 2.36. The Balaban J connectivity index is 2.05. The van der Waals surface area contributed by atoms with Crippen molar-refractivity contribution in [3.05, 3.63) is 23.9 Å². The number of pyridine rings is 1. The molecule has 1 N–H and O–H groups in total. The van der Waals surface area contributed by atoms with Crippen molar-refractivity contribution in [2.45, 2.75) is 45.6 Å². The van der Waals surface area contributed by atoms with Crippen LogP contribution in [0, 0.1) is 17.0 Å². The van der Waals surface area contributed by atoms with Crippen LogP contribution >= 0.6 is 0 Å². The number of rotatable bonds is 2. The molecule has 1 saturated carbocycles. The number of nitrogens with zero attached hydrogens (tertiary/aromatic N) is 1. The Labute approximate surface area is 100 Å². The Bertz CT molecular complexity index is 404. The van der Waals surface area contributed by atoms with Crippen LogP contribution in [0.25, 0.3) is 0 Å². The van der Waals surface area contributed by atoms with Crippen molar-refractivity contribution in [2.24, 2.45) is 5.41 Å². The molecule has 0 spiro atoms. The van der Waals surface area contributed by atoms with Gasteiger partial charge in [0.1, 0.15) is 5.82 Å². The summed E-state index contributed by atoms with van der Waals surface area (Å²) in [6.07, 6.45) is 5.38. The molecule has 0 amide bonds. The molecule has 17 heavy (non-hydrogen) atoms. The van der Waals surface area contributed by atoms with E-state index in [-0.39, 0.29) is 17.3 Å². The fourth-order valence-corrected chi connectivity index (χ4v) is 2.54. The normalized spacial score (nSPS) is 23.4. The second-order valence-electron chi connectivity index (χ2n) is 5.59. The Hall–Kier alpha value is -1.19. The first-order chi connectivity index (χ1) is 7.96. The molecule has 94 valence electrons. The first-order valence-electron chi connectivity index (χ1n) is 6.04. The molecule has 1 unspecified atom stereocenters. The van der Waals surface area contributed by atoms with Crippen LogP contribution < -0.4 is 5.32 Å². The number of hydrogen-bond acceptors (Lipinski definition) is 2. The fourth-order valence-electron chi connectivity index (χ4n) is 2.54. The Morgan fingerprint density at radius 2 is 2.18 bits per heavy atom. The molecule has 0 aliphatic heterocycles. The van der Waals surface area contributed by atoms with Crippen molar-refractivity contribution in [1.29, 1.82) is 0 Å². The van der Waals surface area contributed by atoms with Gasteiger partial charge in [0.25, 0.3) is 0 Å². The SMILES string of the molecule is CC1(C)CCCC(Nc2ncc(F)cc2F)C1. The predicted octanol–water partition coefficient (Wildman–Crippen LogP) is 3.74. The van der Waals surface area contributed by atoms with Gasteiger partial charge in [-0.15, -0.1) is 0 Å². The van der Waals surface area contributed by atoms with E-state index in [9.17, 15) is 8.78 Å². The molecular formula is C13H18F2N2. The minimum Gasteiger partial charge on any atom is -0.365 e. The zero-order chi connectivity index (χ0) is 12.5. The zero-order valence-corrected chi connectivity index (χ0v) is 10.3. The van der Waals surface area contributed by atoms with Crippen molar-refractivity contribution >= 4 is 5.82 Å². The van der Waals surface area contributed by atoms with Crippen molar-refractivity contribution in [1.82, 2.24) is 4.98 Å². The number of aromatic nitrogens is 1. The summed E-state index contributed by atoms with van der Waals surface area (Å²) in [5.41, 5.74) is 0.284. The average molecular weight is 240 g/mol. The highest BCUT2D eigenvalue weighted by atomic mass is 19.1. The second kappa shape index (κ2) is 4.59. The van der Waals surface area contributed by atoms with Gasteiger partial charge in [-0.25, -0.2) is 13.8 Å². The minimum absolute atomic E-state index is 0.161. The lowest BCUT2D eigenvalue weighted by Crippen LogP contribution is -2.32. The van der Waals surface area contributed by atoms with Crippen LogP contribution in [-0.4, -0.2) is 11.0 Å². The van der Waals surface area contributed by atoms with Crippen molar-refractivity contribution in [3.63, 3.8) is 0 Å². The lowest BCUT2D eigenvalue weighted by Gasteiger charge is -2.35. The number of halogens is 2. The van der Waals surface area contributed by atoms with E-state index in [4.69, 9.17) is 0 Å². The quantitative estimate of drug-likeness (QED) is 0.851. The molecule has 0 radical (unpaired) electrons. The lowest BCUT2D eigenvalue weighted by atomic mass is 9.75. The van der Waals surface area contributed by atoms with E-state index in [1.165, 1.54) is 6.42 Å². The van der Waals surface area contributed by atoms with Crippen LogP contribution in [0.5, 0.6) is 0 Å². The van der Waals surface area contributed by atoms with E-state index in [2.05, 4.69) is 24.1 Å². The maximum atomic E-state index is 13.4. The van der Waals surface area contributed by atoms with Crippen LogP contribution in [-0.2, 0) is 0 Å². The number of hydrogen-bond donors (Lipinski definition) is 1. The predicted molar refractivity (Wildman–Crippen MR) is 63.8 cm³/mol. The van der Waals surface area contributed by atoms with Crippen molar-refractivity contribution in [3.8, 4) is 0 Å². The van der Waals surface area contributed by atoms with E-state index in [1.54, 1.807) is 0 Å². The van der Waals surface area contributed by atoms with Gasteiger partial charge in [0, 0.05) is 12.1 Å². The van der Waals surface area contributed by atoms with Crippen LogP contribution in [0.2, 0.25) is 0 Å². The standard InChI is InChI=1S/C13H18F2N2/c1-13(2)5-3-4-10(7-13)17-12-11(15)6-9(14)8-16-12/h6,8,10H,3-5,7H2,1-2H3,(H,16,17). The zero-order valence-electron chi connectivity index (χ0n) is 10.3. The summed E-state index contributed by atoms with van der Waals surface area (Å²) in [6.45, 7) is 4.44.